The van der Waals surface area contributed by atoms with Crippen LogP contribution in [0.2, 0.25) is 0 Å². The molecule has 0 bridgehead atoms. The molecular weight excluding hydrogens is 242 g/mol. The Labute approximate surface area is 113 Å². The third kappa shape index (κ3) is 2.57. The molecule has 19 heavy (non-hydrogen) atoms. The number of nitrogens with one attached hydrogen (secondary N) is 2. The van der Waals surface area contributed by atoms with Gasteiger partial charge in [-0.05, 0) is 26.0 Å². The van der Waals surface area contributed by atoms with Crippen molar-refractivity contribution in [3.05, 3.63) is 35.1 Å². The van der Waals surface area contributed by atoms with E-state index in [1.54, 1.807) is 7.05 Å². The summed E-state index contributed by atoms with van der Waals surface area (Å²) in [6, 6.07) is 0. The molecule has 104 valence electrons. The van der Waals surface area contributed by atoms with Crippen LogP contribution in [0.4, 0.5) is 0 Å². The predicted molar refractivity (Wildman–Crippen MR) is 74.2 cm³/mol. The maximum Gasteiger partial charge on any atom is 0.255 e. The van der Waals surface area contributed by atoms with Crippen LogP contribution in [0.5, 0.6) is 0 Å². The molecule has 1 saturated heterocycles. The minimum atomic E-state index is -0.655. The summed E-state index contributed by atoms with van der Waals surface area (Å²) >= 11 is 0. The second-order valence-corrected chi connectivity index (χ2v) is 4.94. The smallest absolute Gasteiger partial charge is 0.255 e. The summed E-state index contributed by atoms with van der Waals surface area (Å²) in [5.74, 6) is -0.117. The van der Waals surface area contributed by atoms with E-state index < -0.39 is 12.3 Å². The van der Waals surface area contributed by atoms with Gasteiger partial charge < -0.3 is 20.6 Å². The zero-order valence-corrected chi connectivity index (χ0v) is 11.6. The summed E-state index contributed by atoms with van der Waals surface area (Å²) in [6.07, 6.45) is 5.77. The Morgan fingerprint density at radius 1 is 1.63 bits per heavy atom. The molecule has 0 aromatic carbocycles. The molecule has 1 fully saturated rings. The lowest BCUT2D eigenvalue weighted by Crippen LogP contribution is -2.59. The van der Waals surface area contributed by atoms with Crippen molar-refractivity contribution in [2.75, 3.05) is 20.6 Å². The van der Waals surface area contributed by atoms with Crippen LogP contribution < -0.4 is 10.6 Å². The molecular formula is C14H21N3O2. The van der Waals surface area contributed by atoms with Gasteiger partial charge in [-0.25, -0.2) is 0 Å². The standard InChI is InChI=1S/C14H21N3O2/c1-9-6-4-5-7-10-12(9)14(19)16-13(17(10)3)11(18)8-15-2/h4,6-7,11,13,15,18H,5,8H2,1-3H3,(H,16,19). The normalized spacial score (nSPS) is 24.6. The van der Waals surface area contributed by atoms with Gasteiger partial charge in [0.1, 0.15) is 12.3 Å². The Balaban J connectivity index is 2.33. The van der Waals surface area contributed by atoms with Crippen LogP contribution in [-0.2, 0) is 4.79 Å². The van der Waals surface area contributed by atoms with E-state index in [1.807, 2.05) is 37.1 Å². The Bertz CT molecular complexity index is 465. The number of hydrogen-bond donors (Lipinski definition) is 3. The van der Waals surface area contributed by atoms with Gasteiger partial charge in [0.15, 0.2) is 0 Å². The minimum absolute atomic E-state index is 0.117. The number of amides is 1. The number of rotatable bonds is 3. The summed E-state index contributed by atoms with van der Waals surface area (Å²) in [5, 5.41) is 15.9. The molecule has 1 aliphatic heterocycles. The highest BCUT2D eigenvalue weighted by Gasteiger charge is 2.35. The van der Waals surface area contributed by atoms with Crippen molar-refractivity contribution in [3.63, 3.8) is 0 Å². The lowest BCUT2D eigenvalue weighted by molar-refractivity contribution is -0.122. The molecule has 1 aliphatic carbocycles. The van der Waals surface area contributed by atoms with Gasteiger partial charge in [0.25, 0.3) is 5.91 Å². The molecule has 5 nitrogen and oxygen atoms in total. The lowest BCUT2D eigenvalue weighted by Gasteiger charge is -2.40. The first-order valence-corrected chi connectivity index (χ1v) is 6.50. The third-order valence-electron chi connectivity index (χ3n) is 3.55. The first-order valence-electron chi connectivity index (χ1n) is 6.50. The maximum atomic E-state index is 12.3. The number of nitrogens with zero attached hydrogens (tertiary/aromatic N) is 1. The van der Waals surface area contributed by atoms with Crippen molar-refractivity contribution in [2.45, 2.75) is 25.6 Å². The highest BCUT2D eigenvalue weighted by Crippen LogP contribution is 2.28. The van der Waals surface area contributed by atoms with E-state index in [2.05, 4.69) is 10.6 Å². The van der Waals surface area contributed by atoms with Crippen molar-refractivity contribution >= 4 is 5.91 Å². The second kappa shape index (κ2) is 5.59. The van der Waals surface area contributed by atoms with Gasteiger partial charge >= 0.3 is 0 Å². The fourth-order valence-electron chi connectivity index (χ4n) is 2.56. The zero-order valence-electron chi connectivity index (χ0n) is 11.6. The first kappa shape index (κ1) is 13.8. The lowest BCUT2D eigenvalue weighted by atomic mass is 10.00. The van der Waals surface area contributed by atoms with Gasteiger partial charge in [0.05, 0.1) is 5.57 Å². The van der Waals surface area contributed by atoms with Gasteiger partial charge in [-0.2, -0.15) is 0 Å². The van der Waals surface area contributed by atoms with Crippen LogP contribution in [-0.4, -0.2) is 48.8 Å². The van der Waals surface area contributed by atoms with Crippen molar-refractivity contribution < 1.29 is 9.90 Å². The predicted octanol–water partition coefficient (Wildman–Crippen LogP) is 0.115. The molecule has 2 atom stereocenters. The molecule has 1 heterocycles. The van der Waals surface area contributed by atoms with E-state index in [1.165, 1.54) is 0 Å². The number of fused-ring (bicyclic) bond motifs is 1. The summed E-state index contributed by atoms with van der Waals surface area (Å²) in [6.45, 7) is 2.36. The van der Waals surface area contributed by atoms with E-state index in [9.17, 15) is 9.90 Å². The van der Waals surface area contributed by atoms with Gasteiger partial charge in [-0.15, -0.1) is 0 Å². The molecule has 5 heteroatoms. The fraction of sp³-hybridized carbons (Fsp3) is 0.500. The average molecular weight is 263 g/mol. The van der Waals surface area contributed by atoms with E-state index in [-0.39, 0.29) is 5.91 Å². The molecule has 0 aromatic rings. The summed E-state index contributed by atoms with van der Waals surface area (Å²) in [5.41, 5.74) is 2.55. The Hall–Kier alpha value is -1.59. The zero-order chi connectivity index (χ0) is 14.0. The Morgan fingerprint density at radius 2 is 2.37 bits per heavy atom. The van der Waals surface area contributed by atoms with Gasteiger partial charge in [-0.3, -0.25) is 4.79 Å². The summed E-state index contributed by atoms with van der Waals surface area (Å²) in [4.78, 5) is 14.2. The molecule has 0 aromatic heterocycles. The molecule has 0 radical (unpaired) electrons. The highest BCUT2D eigenvalue weighted by atomic mass is 16.3. The van der Waals surface area contributed by atoms with E-state index in [4.69, 9.17) is 0 Å². The van der Waals surface area contributed by atoms with Crippen LogP contribution in [0.15, 0.2) is 35.1 Å². The van der Waals surface area contributed by atoms with Crippen LogP contribution >= 0.6 is 0 Å². The number of hydrogen-bond acceptors (Lipinski definition) is 4. The van der Waals surface area contributed by atoms with E-state index in [0.717, 1.165) is 17.7 Å². The monoisotopic (exact) mass is 263 g/mol. The molecule has 0 spiro atoms. The fourth-order valence-corrected chi connectivity index (χ4v) is 2.56. The highest BCUT2D eigenvalue weighted by molar-refractivity contribution is 6.00. The van der Waals surface area contributed by atoms with E-state index >= 15 is 0 Å². The van der Waals surface area contributed by atoms with Crippen molar-refractivity contribution in [2.24, 2.45) is 0 Å². The van der Waals surface area contributed by atoms with Crippen molar-refractivity contribution in [1.29, 1.82) is 0 Å². The number of carbonyl (C=O) groups is 1. The van der Waals surface area contributed by atoms with Crippen molar-refractivity contribution in [1.82, 2.24) is 15.5 Å². The Kier molecular flexibility index (Phi) is 4.07. The van der Waals surface area contributed by atoms with Gasteiger partial charge in [0, 0.05) is 19.3 Å². The molecule has 1 amide bonds. The van der Waals surface area contributed by atoms with Crippen LogP contribution in [0.1, 0.15) is 13.3 Å². The number of aliphatic hydroxyl groups excluding tert-OH is 1. The number of carbonyl (C=O) groups excluding carboxylic acids is 1. The molecule has 0 saturated carbocycles. The number of likely N-dealkylation sites (N-methyl/N-ethyl adjacent to an activating group) is 2. The van der Waals surface area contributed by atoms with Gasteiger partial charge in [-0.1, -0.05) is 18.2 Å². The molecule has 2 aliphatic rings. The van der Waals surface area contributed by atoms with Gasteiger partial charge in [0.2, 0.25) is 0 Å². The second-order valence-electron chi connectivity index (χ2n) is 4.94. The van der Waals surface area contributed by atoms with Crippen LogP contribution in [0.3, 0.4) is 0 Å². The summed E-state index contributed by atoms with van der Waals surface area (Å²) < 4.78 is 0. The average Bonchev–Trinajstić information content (AvgIpc) is 2.56. The van der Waals surface area contributed by atoms with Crippen molar-refractivity contribution in [3.8, 4) is 0 Å². The third-order valence-corrected chi connectivity index (χ3v) is 3.55. The quantitative estimate of drug-likeness (QED) is 0.676. The maximum absolute atomic E-state index is 12.3. The molecule has 3 N–H and O–H groups in total. The van der Waals surface area contributed by atoms with Crippen LogP contribution in [0, 0.1) is 0 Å². The minimum Gasteiger partial charge on any atom is -0.388 e. The van der Waals surface area contributed by atoms with Crippen LogP contribution in [0.25, 0.3) is 0 Å². The number of aliphatic hydroxyl groups is 1. The van der Waals surface area contributed by atoms with E-state index in [0.29, 0.717) is 12.1 Å². The SMILES string of the molecule is CNCC(O)C1NC(=O)C2=C(C)C=CCC=C2N1C. The number of allylic oxidation sites excluding steroid dienone is 4. The molecule has 2 unspecified atom stereocenters. The Morgan fingerprint density at radius 3 is 3.05 bits per heavy atom. The molecule has 2 rings (SSSR count). The first-order chi connectivity index (χ1) is 9.06. The largest absolute Gasteiger partial charge is 0.388 e. The summed E-state index contributed by atoms with van der Waals surface area (Å²) in [7, 11) is 3.67. The topological polar surface area (TPSA) is 64.6 Å².